The monoisotopic (exact) mass is 178 g/mol. The highest BCUT2D eigenvalue weighted by Gasteiger charge is 2.38. The summed E-state index contributed by atoms with van der Waals surface area (Å²) in [7, 11) is 0. The van der Waals surface area contributed by atoms with Gasteiger partial charge >= 0.3 is 0 Å². The number of hydrogen-bond acceptors (Lipinski definition) is 2. The van der Waals surface area contributed by atoms with E-state index in [0.717, 1.165) is 12.8 Å². The summed E-state index contributed by atoms with van der Waals surface area (Å²) in [6, 6.07) is 3.08. The van der Waals surface area contributed by atoms with Crippen molar-refractivity contribution >= 4 is 0 Å². The fourth-order valence-corrected chi connectivity index (χ4v) is 2.46. The van der Waals surface area contributed by atoms with E-state index in [0.29, 0.717) is 6.04 Å². The lowest BCUT2D eigenvalue weighted by Gasteiger charge is -2.40. The summed E-state index contributed by atoms with van der Waals surface area (Å²) in [4.78, 5) is 0. The minimum Gasteiger partial charge on any atom is -0.297 e. The maximum absolute atomic E-state index is 9.05. The van der Waals surface area contributed by atoms with Gasteiger partial charge in [-0.3, -0.25) is 5.32 Å². The Bertz CT molecular complexity index is 207. The highest BCUT2D eigenvalue weighted by molar-refractivity contribution is 5.13. The molecule has 0 spiro atoms. The van der Waals surface area contributed by atoms with Gasteiger partial charge in [0.15, 0.2) is 0 Å². The van der Waals surface area contributed by atoms with Crippen molar-refractivity contribution in [3.8, 4) is 6.07 Å². The molecule has 0 bridgehead atoms. The first-order valence-electron chi connectivity index (χ1n) is 5.54. The molecule has 13 heavy (non-hydrogen) atoms. The number of nitrogens with zero attached hydrogens (tertiary/aromatic N) is 1. The van der Waals surface area contributed by atoms with E-state index in [2.05, 4.69) is 11.4 Å². The van der Waals surface area contributed by atoms with Crippen LogP contribution in [0.15, 0.2) is 0 Å². The fraction of sp³-hybridized carbons (Fsp3) is 0.909. The van der Waals surface area contributed by atoms with Gasteiger partial charge in [0.1, 0.15) is 5.54 Å². The molecule has 0 aliphatic heterocycles. The zero-order valence-corrected chi connectivity index (χ0v) is 8.18. The van der Waals surface area contributed by atoms with Crippen LogP contribution >= 0.6 is 0 Å². The van der Waals surface area contributed by atoms with E-state index < -0.39 is 0 Å². The molecular formula is C11H18N2. The van der Waals surface area contributed by atoms with Gasteiger partial charge in [-0.2, -0.15) is 5.26 Å². The normalized spacial score (nSPS) is 27.6. The molecule has 0 atom stereocenters. The first kappa shape index (κ1) is 9.02. The SMILES string of the molecule is N#CC1(NC2CCCCC2)CCC1. The third kappa shape index (κ3) is 1.86. The Balaban J connectivity index is 1.85. The van der Waals surface area contributed by atoms with Crippen LogP contribution in [-0.2, 0) is 0 Å². The molecular weight excluding hydrogens is 160 g/mol. The van der Waals surface area contributed by atoms with Gasteiger partial charge < -0.3 is 0 Å². The number of nitriles is 1. The van der Waals surface area contributed by atoms with Gasteiger partial charge in [-0.05, 0) is 32.1 Å². The summed E-state index contributed by atoms with van der Waals surface area (Å²) in [5.74, 6) is 0. The molecule has 0 heterocycles. The van der Waals surface area contributed by atoms with Crippen LogP contribution in [0.25, 0.3) is 0 Å². The topological polar surface area (TPSA) is 35.8 Å². The van der Waals surface area contributed by atoms with Crippen molar-refractivity contribution in [3.63, 3.8) is 0 Å². The Labute approximate surface area is 80.3 Å². The second-order valence-corrected chi connectivity index (χ2v) is 4.53. The molecule has 0 aromatic rings. The number of rotatable bonds is 2. The molecule has 1 N–H and O–H groups in total. The average molecular weight is 178 g/mol. The summed E-state index contributed by atoms with van der Waals surface area (Å²) in [5, 5.41) is 12.6. The van der Waals surface area contributed by atoms with Gasteiger partial charge in [0.2, 0.25) is 0 Å². The van der Waals surface area contributed by atoms with E-state index >= 15 is 0 Å². The van der Waals surface area contributed by atoms with E-state index in [9.17, 15) is 0 Å². The second kappa shape index (κ2) is 3.67. The minimum absolute atomic E-state index is 0.123. The first-order chi connectivity index (χ1) is 6.35. The van der Waals surface area contributed by atoms with Crippen LogP contribution in [0.3, 0.4) is 0 Å². The Hall–Kier alpha value is -0.550. The maximum Gasteiger partial charge on any atom is 0.106 e. The highest BCUT2D eigenvalue weighted by Crippen LogP contribution is 2.33. The number of nitrogens with one attached hydrogen (secondary N) is 1. The van der Waals surface area contributed by atoms with Gasteiger partial charge in [-0.15, -0.1) is 0 Å². The molecule has 2 rings (SSSR count). The molecule has 2 aliphatic carbocycles. The zero-order valence-electron chi connectivity index (χ0n) is 8.18. The summed E-state index contributed by atoms with van der Waals surface area (Å²) in [5.41, 5.74) is -0.123. The van der Waals surface area contributed by atoms with Crippen LogP contribution in [0, 0.1) is 11.3 Å². The largest absolute Gasteiger partial charge is 0.297 e. The molecule has 0 saturated heterocycles. The molecule has 2 nitrogen and oxygen atoms in total. The van der Waals surface area contributed by atoms with Gasteiger partial charge in [-0.25, -0.2) is 0 Å². The molecule has 0 aromatic carbocycles. The molecule has 0 aromatic heterocycles. The third-order valence-corrected chi connectivity index (χ3v) is 3.51. The van der Waals surface area contributed by atoms with Crippen molar-refractivity contribution in [2.45, 2.75) is 62.9 Å². The molecule has 2 saturated carbocycles. The molecule has 2 fully saturated rings. The van der Waals surface area contributed by atoms with Gasteiger partial charge in [0.05, 0.1) is 6.07 Å². The molecule has 0 radical (unpaired) electrons. The Morgan fingerprint density at radius 3 is 2.23 bits per heavy atom. The van der Waals surface area contributed by atoms with Crippen molar-refractivity contribution in [1.29, 1.82) is 5.26 Å². The van der Waals surface area contributed by atoms with E-state index in [4.69, 9.17) is 5.26 Å². The van der Waals surface area contributed by atoms with Gasteiger partial charge in [0.25, 0.3) is 0 Å². The Kier molecular flexibility index (Phi) is 2.55. The van der Waals surface area contributed by atoms with Crippen LogP contribution in [0.4, 0.5) is 0 Å². The summed E-state index contributed by atoms with van der Waals surface area (Å²) in [6.07, 6.45) is 10.0. The van der Waals surface area contributed by atoms with E-state index in [1.807, 2.05) is 0 Å². The molecule has 72 valence electrons. The van der Waals surface area contributed by atoms with Crippen LogP contribution in [0.2, 0.25) is 0 Å². The van der Waals surface area contributed by atoms with Crippen LogP contribution in [0.5, 0.6) is 0 Å². The van der Waals surface area contributed by atoms with Crippen molar-refractivity contribution in [2.24, 2.45) is 0 Å². The molecule has 0 amide bonds. The van der Waals surface area contributed by atoms with E-state index in [1.165, 1.54) is 38.5 Å². The summed E-state index contributed by atoms with van der Waals surface area (Å²) < 4.78 is 0. The van der Waals surface area contributed by atoms with Crippen molar-refractivity contribution in [2.75, 3.05) is 0 Å². The van der Waals surface area contributed by atoms with Crippen molar-refractivity contribution in [3.05, 3.63) is 0 Å². The lowest BCUT2D eigenvalue weighted by molar-refractivity contribution is 0.204. The van der Waals surface area contributed by atoms with Gasteiger partial charge in [-0.1, -0.05) is 19.3 Å². The molecule has 2 heteroatoms. The maximum atomic E-state index is 9.05. The Morgan fingerprint density at radius 2 is 1.77 bits per heavy atom. The average Bonchev–Trinajstić information content (AvgIpc) is 2.13. The minimum atomic E-state index is -0.123. The van der Waals surface area contributed by atoms with E-state index in [-0.39, 0.29) is 5.54 Å². The quantitative estimate of drug-likeness (QED) is 0.704. The standard InChI is InChI=1S/C11H18N2/c12-9-11(7-4-8-11)13-10-5-2-1-3-6-10/h10,13H,1-8H2. The first-order valence-corrected chi connectivity index (χ1v) is 5.54. The lowest BCUT2D eigenvalue weighted by atomic mass is 9.76. The summed E-state index contributed by atoms with van der Waals surface area (Å²) in [6.45, 7) is 0. The molecule has 2 aliphatic rings. The second-order valence-electron chi connectivity index (χ2n) is 4.53. The van der Waals surface area contributed by atoms with Crippen molar-refractivity contribution in [1.82, 2.24) is 5.32 Å². The summed E-state index contributed by atoms with van der Waals surface area (Å²) >= 11 is 0. The Morgan fingerprint density at radius 1 is 1.08 bits per heavy atom. The molecule has 0 unspecified atom stereocenters. The smallest absolute Gasteiger partial charge is 0.106 e. The van der Waals surface area contributed by atoms with Crippen molar-refractivity contribution < 1.29 is 0 Å². The third-order valence-electron chi connectivity index (χ3n) is 3.51. The highest BCUT2D eigenvalue weighted by atomic mass is 15.0. The predicted molar refractivity (Wildman–Crippen MR) is 52.2 cm³/mol. The van der Waals surface area contributed by atoms with E-state index in [1.54, 1.807) is 0 Å². The van der Waals surface area contributed by atoms with Crippen LogP contribution in [0.1, 0.15) is 51.4 Å². The number of hydrogen-bond donors (Lipinski definition) is 1. The fourth-order valence-electron chi connectivity index (χ4n) is 2.46. The predicted octanol–water partition coefficient (Wildman–Crippen LogP) is 2.35. The lowest BCUT2D eigenvalue weighted by Crippen LogP contribution is -2.54. The van der Waals surface area contributed by atoms with Crippen LogP contribution < -0.4 is 5.32 Å². The zero-order chi connectivity index (χ0) is 9.15. The van der Waals surface area contributed by atoms with Crippen LogP contribution in [-0.4, -0.2) is 11.6 Å². The van der Waals surface area contributed by atoms with Gasteiger partial charge in [0, 0.05) is 6.04 Å².